The number of hydrogen-bond donors (Lipinski definition) is 2. The smallest absolute Gasteiger partial charge is 0.241 e. The normalized spacial score (nSPS) is 13.7. The van der Waals surface area contributed by atoms with E-state index in [1.165, 1.54) is 19.1 Å². The van der Waals surface area contributed by atoms with Crippen molar-refractivity contribution < 1.29 is 13.5 Å². The molecule has 0 aliphatic carbocycles. The van der Waals surface area contributed by atoms with Crippen LogP contribution >= 0.6 is 39.1 Å². The monoisotopic (exact) mass is 361 g/mol. The van der Waals surface area contributed by atoms with Gasteiger partial charge in [-0.05, 0) is 35.0 Å². The summed E-state index contributed by atoms with van der Waals surface area (Å²) in [6.45, 7) is 1.40. The molecule has 96 valence electrons. The SMILES string of the molecule is C[C@H](O)CNS(=O)(=O)c1cc(Cl)c(Cl)cc1Br. The molecule has 1 atom stereocenters. The van der Waals surface area contributed by atoms with Gasteiger partial charge >= 0.3 is 0 Å². The maximum Gasteiger partial charge on any atom is 0.241 e. The minimum atomic E-state index is -3.73. The van der Waals surface area contributed by atoms with E-state index in [1.807, 2.05) is 0 Å². The molecule has 0 spiro atoms. The Morgan fingerprint density at radius 3 is 2.47 bits per heavy atom. The topological polar surface area (TPSA) is 66.4 Å². The van der Waals surface area contributed by atoms with E-state index in [0.717, 1.165) is 0 Å². The molecule has 8 heteroatoms. The molecule has 0 amide bonds. The minimum Gasteiger partial charge on any atom is -0.392 e. The van der Waals surface area contributed by atoms with Crippen LogP contribution < -0.4 is 4.72 Å². The Bertz CT molecular complexity index is 519. The van der Waals surface area contributed by atoms with Crippen LogP contribution in [0.3, 0.4) is 0 Å². The van der Waals surface area contributed by atoms with E-state index in [1.54, 1.807) is 0 Å². The van der Waals surface area contributed by atoms with Gasteiger partial charge in [-0.15, -0.1) is 0 Å². The van der Waals surface area contributed by atoms with E-state index in [9.17, 15) is 8.42 Å². The number of halogens is 3. The summed E-state index contributed by atoms with van der Waals surface area (Å²) in [4.78, 5) is -0.0208. The molecule has 0 unspecified atom stereocenters. The Balaban J connectivity index is 3.11. The lowest BCUT2D eigenvalue weighted by molar-refractivity contribution is 0.198. The van der Waals surface area contributed by atoms with Gasteiger partial charge in [0.25, 0.3) is 0 Å². The number of aliphatic hydroxyl groups is 1. The quantitative estimate of drug-likeness (QED) is 0.808. The predicted molar refractivity (Wildman–Crippen MR) is 71.0 cm³/mol. The fraction of sp³-hybridized carbons (Fsp3) is 0.333. The van der Waals surface area contributed by atoms with E-state index < -0.39 is 16.1 Å². The first-order chi connectivity index (χ1) is 7.74. The molecule has 1 rings (SSSR count). The van der Waals surface area contributed by atoms with Crippen LogP contribution in [0.4, 0.5) is 0 Å². The summed E-state index contributed by atoms with van der Waals surface area (Å²) in [5, 5.41) is 9.45. The molecule has 0 saturated carbocycles. The van der Waals surface area contributed by atoms with Crippen molar-refractivity contribution in [2.24, 2.45) is 0 Å². The lowest BCUT2D eigenvalue weighted by Gasteiger charge is -2.10. The maximum atomic E-state index is 11.9. The third-order valence-corrected chi connectivity index (χ3v) is 4.94. The molecule has 0 aromatic heterocycles. The van der Waals surface area contributed by atoms with Crippen molar-refractivity contribution in [3.8, 4) is 0 Å². The van der Waals surface area contributed by atoms with Gasteiger partial charge in [0.1, 0.15) is 0 Å². The molecule has 2 N–H and O–H groups in total. The zero-order chi connectivity index (χ0) is 13.2. The van der Waals surface area contributed by atoms with Crippen molar-refractivity contribution in [2.45, 2.75) is 17.9 Å². The van der Waals surface area contributed by atoms with Crippen molar-refractivity contribution in [3.63, 3.8) is 0 Å². The summed E-state index contributed by atoms with van der Waals surface area (Å²) in [6.07, 6.45) is -0.772. The Hall–Kier alpha value is 0.150. The highest BCUT2D eigenvalue weighted by molar-refractivity contribution is 9.10. The second-order valence-corrected chi connectivity index (χ2v) is 6.80. The van der Waals surface area contributed by atoms with Crippen LogP contribution in [0.1, 0.15) is 6.92 Å². The van der Waals surface area contributed by atoms with Crippen molar-refractivity contribution in [3.05, 3.63) is 26.7 Å². The van der Waals surface area contributed by atoms with Gasteiger partial charge in [0.05, 0.1) is 21.0 Å². The van der Waals surface area contributed by atoms with Crippen LogP contribution in [0.25, 0.3) is 0 Å². The fourth-order valence-corrected chi connectivity index (χ4v) is 3.73. The number of benzene rings is 1. The van der Waals surface area contributed by atoms with Gasteiger partial charge < -0.3 is 5.11 Å². The molecule has 1 aromatic rings. The summed E-state index contributed by atoms with van der Waals surface area (Å²) in [7, 11) is -3.73. The summed E-state index contributed by atoms with van der Waals surface area (Å²) in [5.74, 6) is 0. The Kier molecular flexibility index (Phi) is 5.24. The van der Waals surface area contributed by atoms with Gasteiger partial charge in [-0.2, -0.15) is 0 Å². The first-order valence-electron chi connectivity index (χ1n) is 4.56. The molecule has 0 saturated heterocycles. The van der Waals surface area contributed by atoms with E-state index >= 15 is 0 Å². The predicted octanol–water partition coefficient (Wildman–Crippen LogP) is 2.42. The first kappa shape index (κ1) is 15.2. The molecule has 0 fully saturated rings. The van der Waals surface area contributed by atoms with Crippen LogP contribution in [0.2, 0.25) is 10.0 Å². The largest absolute Gasteiger partial charge is 0.392 e. The van der Waals surface area contributed by atoms with Gasteiger partial charge in [-0.25, -0.2) is 13.1 Å². The third-order valence-electron chi connectivity index (χ3n) is 1.83. The summed E-state index contributed by atoms with van der Waals surface area (Å²) in [5.41, 5.74) is 0. The van der Waals surface area contributed by atoms with E-state index in [2.05, 4.69) is 20.7 Å². The van der Waals surface area contributed by atoms with Gasteiger partial charge in [0.2, 0.25) is 10.0 Å². The average Bonchev–Trinajstić information content (AvgIpc) is 2.20. The fourth-order valence-electron chi connectivity index (χ4n) is 1.02. The molecule has 0 bridgehead atoms. The number of sulfonamides is 1. The second kappa shape index (κ2) is 5.86. The van der Waals surface area contributed by atoms with Crippen molar-refractivity contribution in [1.29, 1.82) is 0 Å². The highest BCUT2D eigenvalue weighted by Gasteiger charge is 2.19. The molecule has 0 aliphatic heterocycles. The Morgan fingerprint density at radius 1 is 1.41 bits per heavy atom. The maximum absolute atomic E-state index is 11.9. The van der Waals surface area contributed by atoms with E-state index in [4.69, 9.17) is 28.3 Å². The van der Waals surface area contributed by atoms with Crippen molar-refractivity contribution >= 4 is 49.2 Å². The van der Waals surface area contributed by atoms with Crippen LogP contribution in [0.15, 0.2) is 21.5 Å². The molecule has 17 heavy (non-hydrogen) atoms. The zero-order valence-corrected chi connectivity index (χ0v) is 12.7. The van der Waals surface area contributed by atoms with Crippen LogP contribution in [-0.2, 0) is 10.0 Å². The van der Waals surface area contributed by atoms with Crippen LogP contribution in [0.5, 0.6) is 0 Å². The van der Waals surface area contributed by atoms with Gasteiger partial charge in [-0.1, -0.05) is 23.2 Å². The molecule has 0 radical (unpaired) electrons. The molecule has 1 aromatic carbocycles. The summed E-state index contributed by atoms with van der Waals surface area (Å²) in [6, 6.07) is 2.65. The summed E-state index contributed by atoms with van der Waals surface area (Å²) < 4.78 is 26.3. The Labute approximate surface area is 118 Å². The minimum absolute atomic E-state index is 0.0208. The standard InChI is InChI=1S/C9H10BrCl2NO3S/c1-5(14)4-13-17(15,16)9-3-8(12)7(11)2-6(9)10/h2-3,5,13-14H,4H2,1H3/t5-/m0/s1. The van der Waals surface area contributed by atoms with Gasteiger partial charge in [0, 0.05) is 11.0 Å². The second-order valence-electron chi connectivity index (χ2n) is 3.40. The zero-order valence-electron chi connectivity index (χ0n) is 8.75. The number of hydrogen-bond acceptors (Lipinski definition) is 3. The number of nitrogens with one attached hydrogen (secondary N) is 1. The average molecular weight is 363 g/mol. The lowest BCUT2D eigenvalue weighted by Crippen LogP contribution is -2.30. The molecular weight excluding hydrogens is 353 g/mol. The highest BCUT2D eigenvalue weighted by atomic mass is 79.9. The molecule has 4 nitrogen and oxygen atoms in total. The van der Waals surface area contributed by atoms with Crippen LogP contribution in [0, 0.1) is 0 Å². The highest BCUT2D eigenvalue weighted by Crippen LogP contribution is 2.31. The molecule has 0 heterocycles. The Morgan fingerprint density at radius 2 is 1.94 bits per heavy atom. The third kappa shape index (κ3) is 4.08. The van der Waals surface area contributed by atoms with Gasteiger partial charge in [0.15, 0.2) is 0 Å². The van der Waals surface area contributed by atoms with E-state index in [0.29, 0.717) is 4.47 Å². The number of aliphatic hydroxyl groups excluding tert-OH is 1. The molecular formula is C9H10BrCl2NO3S. The number of rotatable bonds is 4. The molecule has 0 aliphatic rings. The lowest BCUT2D eigenvalue weighted by atomic mass is 10.4. The van der Waals surface area contributed by atoms with Gasteiger partial charge in [-0.3, -0.25) is 0 Å². The van der Waals surface area contributed by atoms with Crippen molar-refractivity contribution in [2.75, 3.05) is 6.54 Å². The first-order valence-corrected chi connectivity index (χ1v) is 7.59. The summed E-state index contributed by atoms with van der Waals surface area (Å²) >= 11 is 14.6. The van der Waals surface area contributed by atoms with Crippen LogP contribution in [-0.4, -0.2) is 26.2 Å². The van der Waals surface area contributed by atoms with E-state index in [-0.39, 0.29) is 21.5 Å². The van der Waals surface area contributed by atoms with Crippen molar-refractivity contribution in [1.82, 2.24) is 4.72 Å².